The molecule has 2 saturated heterocycles. The van der Waals surface area contributed by atoms with Gasteiger partial charge < -0.3 is 14.4 Å². The fourth-order valence-corrected chi connectivity index (χ4v) is 6.21. The first-order valence-corrected chi connectivity index (χ1v) is 11.2. The molecule has 4 rings (SSSR count). The van der Waals surface area contributed by atoms with Crippen LogP contribution in [0.4, 0.5) is 0 Å². The van der Waals surface area contributed by atoms with Crippen LogP contribution in [0.3, 0.4) is 0 Å². The number of hydrogen-bond acceptors (Lipinski definition) is 5. The lowest BCUT2D eigenvalue weighted by Crippen LogP contribution is -2.44. The van der Waals surface area contributed by atoms with E-state index in [0.29, 0.717) is 25.6 Å². The van der Waals surface area contributed by atoms with E-state index in [-0.39, 0.29) is 41.2 Å². The van der Waals surface area contributed by atoms with Gasteiger partial charge in [0, 0.05) is 19.0 Å². The summed E-state index contributed by atoms with van der Waals surface area (Å²) in [6, 6.07) is 0. The molecular weight excluding hydrogens is 354 g/mol. The van der Waals surface area contributed by atoms with Crippen LogP contribution >= 0.6 is 0 Å². The smallest absolute Gasteiger partial charge is 0.311 e. The molecule has 0 spiro atoms. The predicted octanol–water partition coefficient (Wildman–Crippen LogP) is 3.58. The molecule has 2 heterocycles. The number of hydrogen-bond donors (Lipinski definition) is 0. The van der Waals surface area contributed by atoms with Crippen LogP contribution in [0.25, 0.3) is 0 Å². The lowest BCUT2D eigenvalue weighted by Gasteiger charge is -2.46. The van der Waals surface area contributed by atoms with E-state index in [1.54, 1.807) is 5.57 Å². The van der Waals surface area contributed by atoms with Gasteiger partial charge in [0.05, 0.1) is 18.4 Å². The second kappa shape index (κ2) is 7.81. The Hall–Kier alpha value is -1.36. The second-order valence-corrected chi connectivity index (χ2v) is 9.69. The van der Waals surface area contributed by atoms with Crippen molar-refractivity contribution in [1.29, 1.82) is 0 Å². The molecule has 2 aliphatic heterocycles. The first-order chi connectivity index (χ1) is 13.4. The van der Waals surface area contributed by atoms with Crippen molar-refractivity contribution in [2.75, 3.05) is 26.2 Å². The van der Waals surface area contributed by atoms with Crippen LogP contribution in [0.1, 0.15) is 59.3 Å². The molecule has 3 fully saturated rings. The average molecular weight is 390 g/mol. The molecule has 0 bridgehead atoms. The molecule has 5 nitrogen and oxygen atoms in total. The molecule has 0 aromatic rings. The highest BCUT2D eigenvalue weighted by atomic mass is 16.6. The van der Waals surface area contributed by atoms with Gasteiger partial charge in [-0.1, -0.05) is 31.9 Å². The molecule has 2 aliphatic carbocycles. The van der Waals surface area contributed by atoms with Crippen molar-refractivity contribution in [1.82, 2.24) is 4.90 Å². The number of carbonyl (C=O) groups excluding carboxylic acids is 2. The zero-order valence-corrected chi connectivity index (χ0v) is 17.6. The number of likely N-dealkylation sites (tertiary alicyclic amines) is 1. The molecule has 156 valence electrons. The number of carbonyl (C=O) groups is 2. The number of fused-ring (bicyclic) bond motifs is 2. The summed E-state index contributed by atoms with van der Waals surface area (Å²) in [6.45, 7) is 9.32. The average Bonchev–Trinajstić information content (AvgIpc) is 2.94. The van der Waals surface area contributed by atoms with E-state index < -0.39 is 0 Å². The summed E-state index contributed by atoms with van der Waals surface area (Å²) in [5.41, 5.74) is 1.76. The third kappa shape index (κ3) is 3.62. The fraction of sp³-hybridized carbons (Fsp3) is 0.826. The minimum atomic E-state index is -0.0999. The van der Waals surface area contributed by atoms with Gasteiger partial charge >= 0.3 is 11.9 Å². The van der Waals surface area contributed by atoms with Gasteiger partial charge in [-0.15, -0.1) is 0 Å². The van der Waals surface area contributed by atoms with E-state index >= 15 is 0 Å². The van der Waals surface area contributed by atoms with E-state index in [4.69, 9.17) is 9.47 Å². The zero-order valence-electron chi connectivity index (χ0n) is 17.6. The highest BCUT2D eigenvalue weighted by Crippen LogP contribution is 2.54. The van der Waals surface area contributed by atoms with E-state index in [2.05, 4.69) is 24.8 Å². The summed E-state index contributed by atoms with van der Waals surface area (Å²) in [5, 5.41) is 0. The number of allylic oxidation sites excluding steroid dienone is 1. The third-order valence-corrected chi connectivity index (χ3v) is 7.66. The van der Waals surface area contributed by atoms with Gasteiger partial charge in [0.2, 0.25) is 0 Å². The van der Waals surface area contributed by atoms with Crippen LogP contribution in [0.15, 0.2) is 11.6 Å². The quantitative estimate of drug-likeness (QED) is 0.543. The molecule has 0 aromatic carbocycles. The maximum absolute atomic E-state index is 12.8. The standard InChI is InChI=1S/C23H35NO4/c1-4-27-21(25)16-8-6-10-24(13-16)14-18-17-11-19-15(2)7-5-9-23(19,3)12-20(17)28-22(18)26/h11,15-18,20H,4-10,12-14H2,1-3H3/t15-,16+,17+,18-,20+,23+/m0/s1. The van der Waals surface area contributed by atoms with Gasteiger partial charge in [-0.3, -0.25) is 9.59 Å². The molecule has 28 heavy (non-hydrogen) atoms. The fourth-order valence-electron chi connectivity index (χ4n) is 6.21. The molecule has 0 aromatic heterocycles. The highest BCUT2D eigenvalue weighted by molar-refractivity contribution is 5.76. The summed E-state index contributed by atoms with van der Waals surface area (Å²) in [7, 11) is 0. The number of nitrogens with zero attached hydrogens (tertiary/aromatic N) is 1. The maximum Gasteiger partial charge on any atom is 0.311 e. The second-order valence-electron chi connectivity index (χ2n) is 9.69. The van der Waals surface area contributed by atoms with Crippen molar-refractivity contribution in [2.24, 2.45) is 29.1 Å². The number of ether oxygens (including phenoxy) is 2. The zero-order chi connectivity index (χ0) is 19.9. The monoisotopic (exact) mass is 389 g/mol. The summed E-state index contributed by atoms with van der Waals surface area (Å²) in [4.78, 5) is 27.2. The summed E-state index contributed by atoms with van der Waals surface area (Å²) in [5.74, 6) is 0.509. The summed E-state index contributed by atoms with van der Waals surface area (Å²) < 4.78 is 11.1. The minimum Gasteiger partial charge on any atom is -0.466 e. The van der Waals surface area contributed by atoms with Gasteiger partial charge in [-0.25, -0.2) is 0 Å². The van der Waals surface area contributed by atoms with E-state index in [9.17, 15) is 9.59 Å². The molecule has 5 heteroatoms. The first-order valence-electron chi connectivity index (χ1n) is 11.2. The number of piperidine rings is 1. The van der Waals surface area contributed by atoms with E-state index in [1.165, 1.54) is 19.3 Å². The van der Waals surface area contributed by atoms with Gasteiger partial charge in [0.15, 0.2) is 0 Å². The van der Waals surface area contributed by atoms with Crippen LogP contribution in [0.2, 0.25) is 0 Å². The van der Waals surface area contributed by atoms with Crippen molar-refractivity contribution in [3.63, 3.8) is 0 Å². The molecule has 4 aliphatic rings. The molecule has 0 unspecified atom stereocenters. The first kappa shape index (κ1) is 19.9. The molecular formula is C23H35NO4. The lowest BCUT2D eigenvalue weighted by molar-refractivity contribution is -0.150. The predicted molar refractivity (Wildman–Crippen MR) is 106 cm³/mol. The summed E-state index contributed by atoms with van der Waals surface area (Å²) >= 11 is 0. The largest absolute Gasteiger partial charge is 0.466 e. The van der Waals surface area contributed by atoms with Gasteiger partial charge in [-0.05, 0) is 56.9 Å². The molecule has 1 saturated carbocycles. The topological polar surface area (TPSA) is 55.8 Å². The van der Waals surface area contributed by atoms with Crippen LogP contribution in [0.5, 0.6) is 0 Å². The third-order valence-electron chi connectivity index (χ3n) is 7.66. The Labute approximate surface area is 168 Å². The van der Waals surface area contributed by atoms with Gasteiger partial charge in [-0.2, -0.15) is 0 Å². The molecule has 6 atom stereocenters. The lowest BCUT2D eigenvalue weighted by atomic mass is 9.59. The van der Waals surface area contributed by atoms with Crippen LogP contribution < -0.4 is 0 Å². The van der Waals surface area contributed by atoms with Crippen LogP contribution in [0, 0.1) is 29.1 Å². The maximum atomic E-state index is 12.8. The molecule has 0 radical (unpaired) electrons. The van der Waals surface area contributed by atoms with Gasteiger partial charge in [0.25, 0.3) is 0 Å². The van der Waals surface area contributed by atoms with E-state index in [0.717, 1.165) is 25.8 Å². The SMILES string of the molecule is CCOC(=O)[C@@H]1CCCN(C[C@@H]2C(=O)O[C@@H]3C[C@@]4(C)CCC[C@H](C)C4=C[C@H]23)C1. The normalized spacial score (nSPS) is 40.9. The molecule has 0 N–H and O–H groups in total. The van der Waals surface area contributed by atoms with Crippen LogP contribution in [-0.4, -0.2) is 49.2 Å². The summed E-state index contributed by atoms with van der Waals surface area (Å²) in [6.07, 6.45) is 9.02. The Morgan fingerprint density at radius 3 is 2.96 bits per heavy atom. The van der Waals surface area contributed by atoms with Crippen molar-refractivity contribution in [3.05, 3.63) is 11.6 Å². The van der Waals surface area contributed by atoms with Crippen molar-refractivity contribution in [2.45, 2.75) is 65.4 Å². The van der Waals surface area contributed by atoms with Crippen molar-refractivity contribution < 1.29 is 19.1 Å². The Morgan fingerprint density at radius 2 is 2.18 bits per heavy atom. The molecule has 0 amide bonds. The number of rotatable bonds is 4. The van der Waals surface area contributed by atoms with Gasteiger partial charge in [0.1, 0.15) is 6.10 Å². The highest BCUT2D eigenvalue weighted by Gasteiger charge is 2.52. The Bertz CT molecular complexity index is 659. The number of esters is 2. The Balaban J connectivity index is 1.48. The Morgan fingerprint density at radius 1 is 1.36 bits per heavy atom. The van der Waals surface area contributed by atoms with Crippen molar-refractivity contribution >= 4 is 11.9 Å². The van der Waals surface area contributed by atoms with E-state index in [1.807, 2.05) is 6.92 Å². The van der Waals surface area contributed by atoms with Crippen LogP contribution in [-0.2, 0) is 19.1 Å². The minimum absolute atomic E-state index is 0.0298. The Kier molecular flexibility index (Phi) is 5.56. The van der Waals surface area contributed by atoms with Crippen molar-refractivity contribution in [3.8, 4) is 0 Å².